The van der Waals surface area contributed by atoms with Gasteiger partial charge in [0.25, 0.3) is 10.0 Å². The Morgan fingerprint density at radius 3 is 2.18 bits per heavy atom. The number of hydrogen-bond donors (Lipinski definition) is 1. The van der Waals surface area contributed by atoms with E-state index in [1.165, 1.54) is 16.4 Å². The van der Waals surface area contributed by atoms with Crippen LogP contribution in [-0.4, -0.2) is 26.0 Å². The number of aryl methyl sites for hydroxylation is 1. The molecule has 1 N–H and O–H groups in total. The zero-order valence-corrected chi connectivity index (χ0v) is 20.1. The molecule has 33 heavy (non-hydrogen) atoms. The lowest BCUT2D eigenvalue weighted by Crippen LogP contribution is -2.38. The molecular formula is C26H29NO5S. The molecule has 0 amide bonds. The lowest BCUT2D eigenvalue weighted by molar-refractivity contribution is 0.0697. The summed E-state index contributed by atoms with van der Waals surface area (Å²) in [6.45, 7) is 8.30. The number of sulfonamides is 1. The van der Waals surface area contributed by atoms with Gasteiger partial charge < -0.3 is 9.84 Å². The van der Waals surface area contributed by atoms with Crippen LogP contribution in [0.1, 0.15) is 42.3 Å². The first-order chi connectivity index (χ1) is 15.5. The third-order valence-electron chi connectivity index (χ3n) is 4.93. The summed E-state index contributed by atoms with van der Waals surface area (Å²) in [5, 5.41) is 9.08. The molecule has 0 atom stereocenters. The van der Waals surface area contributed by atoms with Crippen LogP contribution in [0.15, 0.2) is 77.7 Å². The van der Waals surface area contributed by atoms with Crippen molar-refractivity contribution in [2.75, 3.05) is 10.8 Å². The number of aromatic carboxylic acids is 1. The van der Waals surface area contributed by atoms with Crippen LogP contribution in [0, 0.1) is 12.3 Å². The molecule has 0 bridgehead atoms. The largest absolute Gasteiger partial charge is 0.487 e. The molecule has 7 heteroatoms. The predicted molar refractivity (Wildman–Crippen MR) is 129 cm³/mol. The number of anilines is 1. The molecule has 3 rings (SSSR count). The molecule has 0 aliphatic carbocycles. The minimum Gasteiger partial charge on any atom is -0.487 e. The standard InChI is InChI=1S/C26H29NO5S/c1-19-10-15-24(32-17-20-11-13-21(14-12-20)25(28)29)23(16-19)27(18-26(2,3)4)33(30,31)22-8-6-5-7-9-22/h5-16H,17-18H2,1-4H3,(H,28,29). The molecule has 0 aliphatic rings. The van der Waals surface area contributed by atoms with Gasteiger partial charge in [-0.05, 0) is 59.9 Å². The molecule has 3 aromatic rings. The van der Waals surface area contributed by atoms with Gasteiger partial charge in [-0.25, -0.2) is 13.2 Å². The van der Waals surface area contributed by atoms with Crippen molar-refractivity contribution in [3.63, 3.8) is 0 Å². The van der Waals surface area contributed by atoms with E-state index < -0.39 is 16.0 Å². The maximum Gasteiger partial charge on any atom is 0.335 e. The highest BCUT2D eigenvalue weighted by molar-refractivity contribution is 7.92. The van der Waals surface area contributed by atoms with Crippen LogP contribution in [-0.2, 0) is 16.6 Å². The van der Waals surface area contributed by atoms with Crippen LogP contribution in [0.2, 0.25) is 0 Å². The van der Waals surface area contributed by atoms with Gasteiger partial charge in [-0.15, -0.1) is 0 Å². The number of benzene rings is 3. The normalized spacial score (nSPS) is 11.8. The molecule has 0 saturated carbocycles. The van der Waals surface area contributed by atoms with E-state index in [0.29, 0.717) is 11.4 Å². The van der Waals surface area contributed by atoms with E-state index in [1.54, 1.807) is 48.5 Å². The van der Waals surface area contributed by atoms with Gasteiger partial charge in [0.1, 0.15) is 12.4 Å². The quantitative estimate of drug-likeness (QED) is 0.472. The Hall–Kier alpha value is -3.32. The van der Waals surface area contributed by atoms with Crippen LogP contribution in [0.5, 0.6) is 5.75 Å². The Kier molecular flexibility index (Phi) is 7.12. The van der Waals surface area contributed by atoms with Crippen molar-refractivity contribution in [1.82, 2.24) is 0 Å². The topological polar surface area (TPSA) is 83.9 Å². The second-order valence-electron chi connectivity index (χ2n) is 9.15. The molecular weight excluding hydrogens is 438 g/mol. The molecule has 0 unspecified atom stereocenters. The highest BCUT2D eigenvalue weighted by Gasteiger charge is 2.31. The van der Waals surface area contributed by atoms with E-state index in [9.17, 15) is 13.2 Å². The first-order valence-corrected chi connectivity index (χ1v) is 12.0. The average Bonchev–Trinajstić information content (AvgIpc) is 2.77. The van der Waals surface area contributed by atoms with Crippen molar-refractivity contribution < 1.29 is 23.1 Å². The number of nitrogens with zero attached hydrogens (tertiary/aromatic N) is 1. The summed E-state index contributed by atoms with van der Waals surface area (Å²) in [7, 11) is -3.84. The smallest absolute Gasteiger partial charge is 0.335 e. The third-order valence-corrected chi connectivity index (χ3v) is 6.70. The van der Waals surface area contributed by atoms with Gasteiger partial charge >= 0.3 is 5.97 Å². The van der Waals surface area contributed by atoms with Crippen LogP contribution in [0.4, 0.5) is 5.69 Å². The fourth-order valence-corrected chi connectivity index (χ4v) is 5.01. The molecule has 3 aromatic carbocycles. The summed E-state index contributed by atoms with van der Waals surface area (Å²) >= 11 is 0. The first-order valence-electron chi connectivity index (χ1n) is 10.6. The second-order valence-corrected chi connectivity index (χ2v) is 11.0. The van der Waals surface area contributed by atoms with Crippen LogP contribution >= 0.6 is 0 Å². The lowest BCUT2D eigenvalue weighted by Gasteiger charge is -2.32. The summed E-state index contributed by atoms with van der Waals surface area (Å²) in [4.78, 5) is 11.3. The van der Waals surface area contributed by atoms with E-state index >= 15 is 0 Å². The molecule has 174 valence electrons. The maximum absolute atomic E-state index is 13.7. The highest BCUT2D eigenvalue weighted by atomic mass is 32.2. The Balaban J connectivity index is 2.00. The Labute approximate surface area is 195 Å². The summed E-state index contributed by atoms with van der Waals surface area (Å²) in [6.07, 6.45) is 0. The summed E-state index contributed by atoms with van der Waals surface area (Å²) in [6, 6.07) is 20.2. The first kappa shape index (κ1) is 24.3. The molecule has 0 heterocycles. The van der Waals surface area contributed by atoms with Crippen LogP contribution in [0.25, 0.3) is 0 Å². The van der Waals surface area contributed by atoms with Gasteiger partial charge in [-0.2, -0.15) is 0 Å². The molecule has 0 fully saturated rings. The predicted octanol–water partition coefficient (Wildman–Crippen LogP) is 5.51. The van der Waals surface area contributed by atoms with Crippen molar-refractivity contribution in [3.05, 3.63) is 89.5 Å². The number of rotatable bonds is 8. The molecule has 0 saturated heterocycles. The second kappa shape index (κ2) is 9.67. The molecule has 0 spiro atoms. The number of ether oxygens (including phenoxy) is 1. The Morgan fingerprint density at radius 2 is 1.61 bits per heavy atom. The molecule has 0 radical (unpaired) electrons. The number of carboxylic acid groups (broad SMARTS) is 1. The van der Waals surface area contributed by atoms with Gasteiger partial charge in [0.05, 0.1) is 16.1 Å². The lowest BCUT2D eigenvalue weighted by atomic mass is 9.97. The van der Waals surface area contributed by atoms with E-state index in [2.05, 4.69) is 0 Å². The van der Waals surface area contributed by atoms with Crippen LogP contribution in [0.3, 0.4) is 0 Å². The van der Waals surface area contributed by atoms with Gasteiger partial charge in [0.15, 0.2) is 0 Å². The Morgan fingerprint density at radius 1 is 0.970 bits per heavy atom. The van der Waals surface area contributed by atoms with Crippen molar-refractivity contribution in [2.24, 2.45) is 5.41 Å². The minimum absolute atomic E-state index is 0.171. The van der Waals surface area contributed by atoms with E-state index in [-0.39, 0.29) is 29.0 Å². The van der Waals surface area contributed by atoms with Gasteiger partial charge in [-0.3, -0.25) is 4.31 Å². The fraction of sp³-hybridized carbons (Fsp3) is 0.269. The number of hydrogen-bond acceptors (Lipinski definition) is 4. The SMILES string of the molecule is Cc1ccc(OCc2ccc(C(=O)O)cc2)c(N(CC(C)(C)C)S(=O)(=O)c2ccccc2)c1. The van der Waals surface area contributed by atoms with E-state index in [1.807, 2.05) is 39.8 Å². The van der Waals surface area contributed by atoms with Crippen LogP contribution < -0.4 is 9.04 Å². The third kappa shape index (κ3) is 6.14. The van der Waals surface area contributed by atoms with Crippen molar-refractivity contribution in [1.29, 1.82) is 0 Å². The summed E-state index contributed by atoms with van der Waals surface area (Å²) in [5.74, 6) is -0.557. The summed E-state index contributed by atoms with van der Waals surface area (Å²) < 4.78 is 34.8. The zero-order chi connectivity index (χ0) is 24.2. The number of carbonyl (C=O) groups is 1. The molecule has 0 aromatic heterocycles. The number of carboxylic acids is 1. The van der Waals surface area contributed by atoms with Gasteiger partial charge in [-0.1, -0.05) is 57.2 Å². The minimum atomic E-state index is -3.84. The van der Waals surface area contributed by atoms with Crippen molar-refractivity contribution in [3.8, 4) is 5.75 Å². The molecule has 6 nitrogen and oxygen atoms in total. The van der Waals surface area contributed by atoms with Gasteiger partial charge in [0, 0.05) is 6.54 Å². The zero-order valence-electron chi connectivity index (χ0n) is 19.3. The Bertz CT molecular complexity index is 1210. The maximum atomic E-state index is 13.7. The van der Waals surface area contributed by atoms with Crippen molar-refractivity contribution in [2.45, 2.75) is 39.2 Å². The highest BCUT2D eigenvalue weighted by Crippen LogP contribution is 2.36. The van der Waals surface area contributed by atoms with Crippen molar-refractivity contribution >= 4 is 21.7 Å². The average molecular weight is 468 g/mol. The fourth-order valence-electron chi connectivity index (χ4n) is 3.30. The monoisotopic (exact) mass is 467 g/mol. The summed E-state index contributed by atoms with van der Waals surface area (Å²) in [5.41, 5.74) is 2.04. The molecule has 0 aliphatic heterocycles. The van der Waals surface area contributed by atoms with E-state index in [0.717, 1.165) is 11.1 Å². The van der Waals surface area contributed by atoms with Gasteiger partial charge in [0.2, 0.25) is 0 Å². The van der Waals surface area contributed by atoms with E-state index in [4.69, 9.17) is 9.84 Å².